The molecule has 0 unspecified atom stereocenters. The predicted molar refractivity (Wildman–Crippen MR) is 121 cm³/mol. The number of rotatable bonds is 5. The molecule has 0 spiro atoms. The zero-order valence-electron chi connectivity index (χ0n) is 16.2. The third kappa shape index (κ3) is 4.38. The van der Waals surface area contributed by atoms with Crippen molar-refractivity contribution < 1.29 is 13.3 Å². The Hall–Kier alpha value is -3.41. The number of nitro groups is 1. The van der Waals surface area contributed by atoms with E-state index >= 15 is 0 Å². The van der Waals surface area contributed by atoms with E-state index in [9.17, 15) is 18.5 Å². The maximum absolute atomic E-state index is 11.5. The second-order valence-electron chi connectivity index (χ2n) is 6.72. The van der Waals surface area contributed by atoms with Crippen LogP contribution in [0.1, 0.15) is 12.5 Å². The van der Waals surface area contributed by atoms with Crippen molar-refractivity contribution in [2.75, 3.05) is 10.7 Å². The smallest absolute Gasteiger partial charge is 0.295 e. The Kier molecular flexibility index (Phi) is 5.39. The third-order valence-corrected chi connectivity index (χ3v) is 6.67. The average molecular weight is 456 g/mol. The van der Waals surface area contributed by atoms with Crippen LogP contribution >= 0.6 is 11.8 Å². The minimum atomic E-state index is -4.06. The molecule has 3 aromatic rings. The summed E-state index contributed by atoms with van der Waals surface area (Å²) >= 11 is 1.67. The lowest BCUT2D eigenvalue weighted by molar-refractivity contribution is -0.384. The van der Waals surface area contributed by atoms with Crippen LogP contribution < -0.4 is 15.9 Å². The van der Waals surface area contributed by atoms with Gasteiger partial charge in [0.05, 0.1) is 26.9 Å². The summed E-state index contributed by atoms with van der Waals surface area (Å²) in [6, 6.07) is 17.2. The summed E-state index contributed by atoms with van der Waals surface area (Å²) in [5.41, 5.74) is 5.65. The monoisotopic (exact) mass is 455 g/mol. The van der Waals surface area contributed by atoms with Gasteiger partial charge in [-0.2, -0.15) is 5.10 Å². The summed E-state index contributed by atoms with van der Waals surface area (Å²) in [5.74, 6) is 0. The molecular formula is C20H17N5O4S2. The van der Waals surface area contributed by atoms with Gasteiger partial charge < -0.3 is 5.32 Å². The van der Waals surface area contributed by atoms with Crippen LogP contribution in [0.3, 0.4) is 0 Å². The molecule has 1 aliphatic heterocycles. The number of hydrazone groups is 1. The summed E-state index contributed by atoms with van der Waals surface area (Å²) in [6.45, 7) is 1.77. The maximum Gasteiger partial charge on any atom is 0.295 e. The lowest BCUT2D eigenvalue weighted by Gasteiger charge is -2.21. The molecule has 1 heterocycles. The highest BCUT2D eigenvalue weighted by Gasteiger charge is 2.19. The maximum atomic E-state index is 11.5. The first-order valence-corrected chi connectivity index (χ1v) is 11.4. The largest absolute Gasteiger partial charge is 0.354 e. The first-order chi connectivity index (χ1) is 14.7. The van der Waals surface area contributed by atoms with E-state index in [0.717, 1.165) is 32.8 Å². The summed E-state index contributed by atoms with van der Waals surface area (Å²) in [4.78, 5) is 12.5. The Morgan fingerprint density at radius 3 is 2.58 bits per heavy atom. The fraction of sp³-hybridized carbons (Fsp3) is 0.0500. The minimum absolute atomic E-state index is 0.0531. The van der Waals surface area contributed by atoms with E-state index in [-0.39, 0.29) is 10.6 Å². The summed E-state index contributed by atoms with van der Waals surface area (Å²) in [5, 5.41) is 24.0. The van der Waals surface area contributed by atoms with Gasteiger partial charge in [-0.05, 0) is 48.9 Å². The van der Waals surface area contributed by atoms with Crippen LogP contribution in [0, 0.1) is 10.1 Å². The van der Waals surface area contributed by atoms with Crippen LogP contribution in [0.2, 0.25) is 0 Å². The van der Waals surface area contributed by atoms with Crippen molar-refractivity contribution in [1.29, 1.82) is 0 Å². The molecular weight excluding hydrogens is 438 g/mol. The van der Waals surface area contributed by atoms with Gasteiger partial charge in [-0.25, -0.2) is 13.6 Å². The van der Waals surface area contributed by atoms with Gasteiger partial charge in [-0.3, -0.25) is 15.5 Å². The molecule has 4 N–H and O–H groups in total. The zero-order valence-corrected chi connectivity index (χ0v) is 17.8. The van der Waals surface area contributed by atoms with E-state index in [0.29, 0.717) is 5.71 Å². The van der Waals surface area contributed by atoms with Crippen molar-refractivity contribution in [3.8, 4) is 0 Å². The highest BCUT2D eigenvalue weighted by atomic mass is 32.2. The van der Waals surface area contributed by atoms with Gasteiger partial charge in [0.1, 0.15) is 5.69 Å². The number of nitrogens with one attached hydrogen (secondary N) is 2. The highest BCUT2D eigenvalue weighted by Crippen LogP contribution is 2.44. The molecule has 0 aromatic heterocycles. The number of hydrogen-bond donors (Lipinski definition) is 3. The Balaban J connectivity index is 1.59. The van der Waals surface area contributed by atoms with E-state index < -0.39 is 20.6 Å². The van der Waals surface area contributed by atoms with Crippen molar-refractivity contribution in [2.24, 2.45) is 10.2 Å². The number of benzene rings is 3. The van der Waals surface area contributed by atoms with Crippen molar-refractivity contribution in [2.45, 2.75) is 21.6 Å². The fourth-order valence-electron chi connectivity index (χ4n) is 3.01. The second kappa shape index (κ2) is 8.02. The quantitative estimate of drug-likeness (QED) is 0.232. The van der Waals surface area contributed by atoms with Crippen molar-refractivity contribution in [3.05, 3.63) is 76.3 Å². The van der Waals surface area contributed by atoms with Gasteiger partial charge in [0.25, 0.3) is 5.69 Å². The number of para-hydroxylation sites is 1. The molecule has 0 radical (unpaired) electrons. The van der Waals surface area contributed by atoms with Gasteiger partial charge >= 0.3 is 0 Å². The van der Waals surface area contributed by atoms with Crippen LogP contribution in [-0.4, -0.2) is 19.1 Å². The molecule has 158 valence electrons. The Morgan fingerprint density at radius 1 is 1.10 bits per heavy atom. The molecule has 11 heteroatoms. The molecule has 0 fully saturated rings. The number of nitro benzene ring substituents is 1. The van der Waals surface area contributed by atoms with Crippen LogP contribution in [0.25, 0.3) is 0 Å². The van der Waals surface area contributed by atoms with Gasteiger partial charge in [-0.15, -0.1) is 0 Å². The molecule has 31 heavy (non-hydrogen) atoms. The first kappa shape index (κ1) is 20.8. The van der Waals surface area contributed by atoms with Crippen LogP contribution in [0.4, 0.5) is 22.7 Å². The number of fused-ring (bicyclic) bond motifs is 2. The topological polar surface area (TPSA) is 140 Å². The van der Waals surface area contributed by atoms with Crippen LogP contribution in [-0.2, 0) is 10.0 Å². The molecule has 0 saturated heterocycles. The fourth-order valence-corrected chi connectivity index (χ4v) is 4.51. The number of hydrogen-bond acceptors (Lipinski definition) is 8. The minimum Gasteiger partial charge on any atom is -0.354 e. The normalized spacial score (nSPS) is 13.0. The van der Waals surface area contributed by atoms with E-state index in [1.165, 1.54) is 12.1 Å². The summed E-state index contributed by atoms with van der Waals surface area (Å²) in [7, 11) is -4.06. The number of sulfonamides is 1. The van der Waals surface area contributed by atoms with Gasteiger partial charge in [0.15, 0.2) is 0 Å². The Labute approximate surface area is 182 Å². The molecule has 0 bridgehead atoms. The van der Waals surface area contributed by atoms with Gasteiger partial charge in [-0.1, -0.05) is 30.0 Å². The number of nitrogens with two attached hydrogens (primary N) is 1. The number of primary sulfonamides is 1. The summed E-state index contributed by atoms with van der Waals surface area (Å²) in [6.07, 6.45) is 0. The van der Waals surface area contributed by atoms with Crippen LogP contribution in [0.15, 0.2) is 80.5 Å². The van der Waals surface area contributed by atoms with Crippen molar-refractivity contribution in [3.63, 3.8) is 0 Å². The molecule has 0 aliphatic carbocycles. The van der Waals surface area contributed by atoms with Gasteiger partial charge in [0.2, 0.25) is 10.0 Å². The lowest BCUT2D eigenvalue weighted by Crippen LogP contribution is -2.12. The second-order valence-corrected chi connectivity index (χ2v) is 9.37. The molecule has 4 rings (SSSR count). The molecule has 0 saturated carbocycles. The Bertz CT molecular complexity index is 1340. The number of nitrogens with zero attached hydrogens (tertiary/aromatic N) is 2. The third-order valence-electron chi connectivity index (χ3n) is 4.61. The van der Waals surface area contributed by atoms with Crippen molar-refractivity contribution >= 4 is 50.2 Å². The first-order valence-electron chi connectivity index (χ1n) is 9.02. The summed E-state index contributed by atoms with van der Waals surface area (Å²) < 4.78 is 22.9. The van der Waals surface area contributed by atoms with Gasteiger partial charge in [0, 0.05) is 15.9 Å². The molecule has 3 aromatic carbocycles. The molecule has 1 aliphatic rings. The highest BCUT2D eigenvalue weighted by molar-refractivity contribution is 7.99. The van der Waals surface area contributed by atoms with Crippen LogP contribution in [0.5, 0.6) is 0 Å². The number of anilines is 3. The van der Waals surface area contributed by atoms with E-state index in [4.69, 9.17) is 5.14 Å². The zero-order chi connectivity index (χ0) is 22.2. The predicted octanol–water partition coefficient (Wildman–Crippen LogP) is 4.29. The molecule has 0 amide bonds. The standard InChI is InChI=1S/C20H17N5O4S2/c1-12(23-24-15-8-7-14(31(21,28)29)11-18(15)25(26)27)13-6-9-20-17(10-13)22-16-4-2-3-5-19(16)30-20/h2-11,22,24H,1H3,(H2,21,28,29)/b23-12+. The van der Waals surface area contributed by atoms with E-state index in [1.807, 2.05) is 36.4 Å². The Morgan fingerprint density at radius 2 is 1.84 bits per heavy atom. The van der Waals surface area contributed by atoms with E-state index in [1.54, 1.807) is 18.7 Å². The SMILES string of the molecule is C/C(=N\Nc1ccc(S(N)(=O)=O)cc1[N+](=O)[O-])c1ccc2c(c1)Nc1ccccc1S2. The van der Waals surface area contributed by atoms with Crippen molar-refractivity contribution in [1.82, 2.24) is 0 Å². The lowest BCUT2D eigenvalue weighted by atomic mass is 10.1. The van der Waals surface area contributed by atoms with E-state index in [2.05, 4.69) is 21.9 Å². The molecule has 9 nitrogen and oxygen atoms in total. The molecule has 0 atom stereocenters. The average Bonchev–Trinajstić information content (AvgIpc) is 2.74.